The van der Waals surface area contributed by atoms with E-state index in [2.05, 4.69) is 10.3 Å². The smallest absolute Gasteiger partial charge is 0.264 e. The van der Waals surface area contributed by atoms with Gasteiger partial charge in [0.15, 0.2) is 5.13 Å². The number of thiazole rings is 1. The van der Waals surface area contributed by atoms with Crippen molar-refractivity contribution in [2.75, 3.05) is 16.2 Å². The van der Waals surface area contributed by atoms with Crippen molar-refractivity contribution in [3.05, 3.63) is 83.9 Å². The van der Waals surface area contributed by atoms with Crippen LogP contribution in [0.3, 0.4) is 0 Å². The first-order valence-corrected chi connectivity index (χ1v) is 12.2. The maximum absolute atomic E-state index is 13.2. The van der Waals surface area contributed by atoms with Gasteiger partial charge in [-0.1, -0.05) is 41.7 Å². The van der Waals surface area contributed by atoms with Crippen LogP contribution in [0.5, 0.6) is 0 Å². The SMILES string of the molecule is O=C(Nc1nc2ccccc2s1)c1ccc(S(=O)(=O)N2CCCc3ccccc32)cc1. The number of aromatic nitrogens is 1. The summed E-state index contributed by atoms with van der Waals surface area (Å²) in [7, 11) is -3.70. The van der Waals surface area contributed by atoms with Gasteiger partial charge in [-0.15, -0.1) is 0 Å². The summed E-state index contributed by atoms with van der Waals surface area (Å²) in [6.07, 6.45) is 1.64. The Morgan fingerprint density at radius 3 is 2.52 bits per heavy atom. The van der Waals surface area contributed by atoms with Crippen molar-refractivity contribution < 1.29 is 13.2 Å². The number of sulfonamides is 1. The van der Waals surface area contributed by atoms with E-state index in [0.29, 0.717) is 17.2 Å². The summed E-state index contributed by atoms with van der Waals surface area (Å²) in [5, 5.41) is 3.30. The van der Waals surface area contributed by atoms with Gasteiger partial charge in [-0.3, -0.25) is 14.4 Å². The van der Waals surface area contributed by atoms with Crippen molar-refractivity contribution in [1.82, 2.24) is 4.98 Å². The molecule has 5 rings (SSSR count). The van der Waals surface area contributed by atoms with Crippen molar-refractivity contribution in [2.24, 2.45) is 0 Å². The Morgan fingerprint density at radius 1 is 0.968 bits per heavy atom. The Morgan fingerprint density at radius 2 is 1.71 bits per heavy atom. The van der Waals surface area contributed by atoms with E-state index in [0.717, 1.165) is 34.3 Å². The molecule has 0 aliphatic carbocycles. The van der Waals surface area contributed by atoms with Crippen LogP contribution in [0.25, 0.3) is 10.2 Å². The zero-order chi connectivity index (χ0) is 21.4. The number of amides is 1. The van der Waals surface area contributed by atoms with Gasteiger partial charge in [0.2, 0.25) is 0 Å². The number of nitrogens with one attached hydrogen (secondary N) is 1. The Bertz CT molecular complexity index is 1350. The first kappa shape index (κ1) is 19.7. The molecule has 1 aliphatic rings. The fraction of sp³-hybridized carbons (Fsp3) is 0.130. The van der Waals surface area contributed by atoms with Crippen LogP contribution in [-0.4, -0.2) is 25.9 Å². The van der Waals surface area contributed by atoms with Crippen molar-refractivity contribution in [2.45, 2.75) is 17.7 Å². The van der Waals surface area contributed by atoms with Crippen molar-refractivity contribution >= 4 is 48.3 Å². The number of para-hydroxylation sites is 2. The highest BCUT2D eigenvalue weighted by Gasteiger charge is 2.29. The first-order chi connectivity index (χ1) is 15.0. The second kappa shape index (κ2) is 7.79. The minimum Gasteiger partial charge on any atom is -0.298 e. The van der Waals surface area contributed by atoms with Crippen LogP contribution in [0.4, 0.5) is 10.8 Å². The van der Waals surface area contributed by atoms with E-state index in [-0.39, 0.29) is 10.8 Å². The molecule has 0 saturated heterocycles. The minimum absolute atomic E-state index is 0.167. The van der Waals surface area contributed by atoms with E-state index in [4.69, 9.17) is 0 Å². The summed E-state index contributed by atoms with van der Waals surface area (Å²) < 4.78 is 28.9. The van der Waals surface area contributed by atoms with Gasteiger partial charge >= 0.3 is 0 Å². The molecule has 0 atom stereocenters. The summed E-state index contributed by atoms with van der Waals surface area (Å²) in [5.41, 5.74) is 2.96. The van der Waals surface area contributed by atoms with Crippen LogP contribution >= 0.6 is 11.3 Å². The van der Waals surface area contributed by atoms with Crippen LogP contribution in [0, 0.1) is 0 Å². The highest BCUT2D eigenvalue weighted by molar-refractivity contribution is 7.92. The number of fused-ring (bicyclic) bond motifs is 2. The van der Waals surface area contributed by atoms with Gasteiger partial charge < -0.3 is 0 Å². The molecule has 3 aromatic carbocycles. The van der Waals surface area contributed by atoms with Crippen LogP contribution < -0.4 is 9.62 Å². The zero-order valence-corrected chi connectivity index (χ0v) is 18.1. The highest BCUT2D eigenvalue weighted by Crippen LogP contribution is 2.32. The number of aryl methyl sites for hydroxylation is 1. The fourth-order valence-corrected chi connectivity index (χ4v) is 6.15. The number of hydrogen-bond donors (Lipinski definition) is 1. The molecule has 0 radical (unpaired) electrons. The molecule has 8 heteroatoms. The maximum atomic E-state index is 13.2. The number of carbonyl (C=O) groups is 1. The third kappa shape index (κ3) is 3.68. The molecule has 0 spiro atoms. The molecule has 1 N–H and O–H groups in total. The largest absolute Gasteiger partial charge is 0.298 e. The molecular formula is C23H19N3O3S2. The summed E-state index contributed by atoms with van der Waals surface area (Å²) in [6.45, 7) is 0.444. The molecule has 0 saturated carbocycles. The quantitative estimate of drug-likeness (QED) is 0.490. The van der Waals surface area contributed by atoms with E-state index in [9.17, 15) is 13.2 Å². The average molecular weight is 450 g/mol. The molecule has 4 aromatic rings. The summed E-state index contributed by atoms with van der Waals surface area (Å²) in [4.78, 5) is 17.2. The van der Waals surface area contributed by atoms with Gasteiger partial charge in [0.25, 0.3) is 15.9 Å². The lowest BCUT2D eigenvalue weighted by molar-refractivity contribution is 0.102. The van der Waals surface area contributed by atoms with E-state index in [1.165, 1.54) is 39.9 Å². The fourth-order valence-electron chi connectivity index (χ4n) is 3.75. The number of rotatable bonds is 4. The van der Waals surface area contributed by atoms with Crippen LogP contribution in [0.2, 0.25) is 0 Å². The van der Waals surface area contributed by atoms with Crippen LogP contribution in [0.1, 0.15) is 22.3 Å². The molecule has 156 valence electrons. The standard InChI is InChI=1S/C23H19N3O3S2/c27-22(25-23-24-19-8-2-4-10-21(19)30-23)17-11-13-18(14-12-17)31(28,29)26-15-5-7-16-6-1-3-9-20(16)26/h1-4,6,8-14H,5,7,15H2,(H,24,25,27). The number of carbonyl (C=O) groups excluding carboxylic acids is 1. The van der Waals surface area contributed by atoms with Crippen LogP contribution in [0.15, 0.2) is 77.7 Å². The molecule has 2 heterocycles. The molecule has 31 heavy (non-hydrogen) atoms. The molecule has 0 fully saturated rings. The third-order valence-electron chi connectivity index (χ3n) is 5.29. The monoisotopic (exact) mass is 449 g/mol. The van der Waals surface area contributed by atoms with E-state index < -0.39 is 10.0 Å². The summed E-state index contributed by atoms with van der Waals surface area (Å²) >= 11 is 1.39. The second-order valence-corrected chi connectivity index (χ2v) is 10.2. The van der Waals surface area contributed by atoms with Gasteiger partial charge in [-0.2, -0.15) is 0 Å². The Balaban J connectivity index is 1.37. The first-order valence-electron chi connectivity index (χ1n) is 9.90. The minimum atomic E-state index is -3.70. The zero-order valence-electron chi connectivity index (χ0n) is 16.5. The number of benzene rings is 3. The lowest BCUT2D eigenvalue weighted by atomic mass is 10.0. The second-order valence-electron chi connectivity index (χ2n) is 7.27. The Hall–Kier alpha value is -3.23. The normalized spacial score (nSPS) is 13.7. The summed E-state index contributed by atoms with van der Waals surface area (Å²) in [6, 6.07) is 21.3. The topological polar surface area (TPSA) is 79.4 Å². The molecule has 6 nitrogen and oxygen atoms in total. The molecule has 0 unspecified atom stereocenters. The Kier molecular flexibility index (Phi) is 4.95. The van der Waals surface area contributed by atoms with E-state index in [1.54, 1.807) is 0 Å². The number of nitrogens with zero attached hydrogens (tertiary/aromatic N) is 2. The number of anilines is 2. The van der Waals surface area contributed by atoms with Gasteiger partial charge in [0.05, 0.1) is 20.8 Å². The van der Waals surface area contributed by atoms with Crippen molar-refractivity contribution in [3.63, 3.8) is 0 Å². The van der Waals surface area contributed by atoms with Gasteiger partial charge in [-0.25, -0.2) is 13.4 Å². The van der Waals surface area contributed by atoms with Crippen molar-refractivity contribution in [3.8, 4) is 0 Å². The number of hydrogen-bond acceptors (Lipinski definition) is 5. The van der Waals surface area contributed by atoms with Gasteiger partial charge in [-0.05, 0) is 60.9 Å². The predicted octanol–water partition coefficient (Wildman–Crippen LogP) is 4.69. The molecular weight excluding hydrogens is 430 g/mol. The Labute approximate surface area is 184 Å². The van der Waals surface area contributed by atoms with Gasteiger partial charge in [0.1, 0.15) is 0 Å². The van der Waals surface area contributed by atoms with Crippen molar-refractivity contribution in [1.29, 1.82) is 0 Å². The lowest BCUT2D eigenvalue weighted by Gasteiger charge is -2.30. The van der Waals surface area contributed by atoms with Crippen LogP contribution in [-0.2, 0) is 16.4 Å². The lowest BCUT2D eigenvalue weighted by Crippen LogP contribution is -2.35. The molecule has 1 amide bonds. The molecule has 1 aromatic heterocycles. The van der Waals surface area contributed by atoms with Gasteiger partial charge in [0, 0.05) is 12.1 Å². The highest BCUT2D eigenvalue weighted by atomic mass is 32.2. The average Bonchev–Trinajstić information content (AvgIpc) is 3.21. The summed E-state index contributed by atoms with van der Waals surface area (Å²) in [5.74, 6) is -0.327. The maximum Gasteiger partial charge on any atom is 0.264 e. The molecule has 0 bridgehead atoms. The molecule has 1 aliphatic heterocycles. The third-order valence-corrected chi connectivity index (χ3v) is 8.07. The van der Waals surface area contributed by atoms with E-state index >= 15 is 0 Å². The predicted molar refractivity (Wildman–Crippen MR) is 123 cm³/mol. The van der Waals surface area contributed by atoms with E-state index in [1.807, 2.05) is 48.5 Å².